The summed E-state index contributed by atoms with van der Waals surface area (Å²) in [5.74, 6) is 6.93. The van der Waals surface area contributed by atoms with Crippen LogP contribution in [-0.2, 0) is 0 Å². The molecule has 1 aromatic rings. The number of benzene rings is 1. The number of aliphatic hydroxyl groups is 1. The zero-order valence-corrected chi connectivity index (χ0v) is 10.5. The van der Waals surface area contributed by atoms with Crippen LogP contribution in [0.1, 0.15) is 25.8 Å². The van der Waals surface area contributed by atoms with Gasteiger partial charge >= 0.3 is 0 Å². The van der Waals surface area contributed by atoms with Gasteiger partial charge in [0, 0.05) is 0 Å². The third-order valence-corrected chi connectivity index (χ3v) is 2.39. The lowest BCUT2D eigenvalue weighted by Gasteiger charge is -2.14. The van der Waals surface area contributed by atoms with Crippen molar-refractivity contribution >= 4 is 0 Å². The molecule has 0 fully saturated rings. The van der Waals surface area contributed by atoms with Crippen LogP contribution in [0.4, 0.5) is 0 Å². The van der Waals surface area contributed by atoms with E-state index < -0.39 is 0 Å². The van der Waals surface area contributed by atoms with E-state index in [1.54, 1.807) is 13.2 Å². The third kappa shape index (κ3) is 4.01. The van der Waals surface area contributed by atoms with Crippen LogP contribution in [0.2, 0.25) is 0 Å². The number of hydrogen-bond donors (Lipinski definition) is 1. The first-order chi connectivity index (χ1) is 8.21. The molecular weight excluding hydrogens is 216 g/mol. The normalized spacial score (nSPS) is 11.3. The summed E-state index contributed by atoms with van der Waals surface area (Å²) in [6, 6.07) is 5.48. The van der Waals surface area contributed by atoms with Crippen molar-refractivity contribution in [1.82, 2.24) is 0 Å². The van der Waals surface area contributed by atoms with Crippen molar-refractivity contribution in [2.45, 2.75) is 26.4 Å². The Morgan fingerprint density at radius 1 is 1.41 bits per heavy atom. The van der Waals surface area contributed by atoms with Crippen LogP contribution in [0.15, 0.2) is 18.2 Å². The zero-order valence-electron chi connectivity index (χ0n) is 10.5. The lowest BCUT2D eigenvalue weighted by atomic mass is 10.2. The van der Waals surface area contributed by atoms with Crippen LogP contribution < -0.4 is 9.47 Å². The molecule has 3 nitrogen and oxygen atoms in total. The second kappa shape index (κ2) is 6.82. The standard InChI is InChI=1S/C14H18O3/c1-4-11(2)17-14-8-7-13(16-3)10-12(14)6-5-9-15/h7-8,10-11,15H,4,9H2,1-3H3. The summed E-state index contributed by atoms with van der Waals surface area (Å²) in [5.41, 5.74) is 0.735. The largest absolute Gasteiger partial charge is 0.497 e. The summed E-state index contributed by atoms with van der Waals surface area (Å²) < 4.78 is 10.9. The van der Waals surface area contributed by atoms with Crippen molar-refractivity contribution in [1.29, 1.82) is 0 Å². The van der Waals surface area contributed by atoms with Crippen LogP contribution >= 0.6 is 0 Å². The molecule has 1 atom stereocenters. The van der Waals surface area contributed by atoms with E-state index >= 15 is 0 Å². The van der Waals surface area contributed by atoms with Gasteiger partial charge in [-0.3, -0.25) is 0 Å². The minimum absolute atomic E-state index is 0.137. The first kappa shape index (κ1) is 13.4. The molecule has 1 unspecified atom stereocenters. The van der Waals surface area contributed by atoms with E-state index in [9.17, 15) is 0 Å². The summed E-state index contributed by atoms with van der Waals surface area (Å²) in [6.45, 7) is 3.90. The molecule has 0 amide bonds. The minimum Gasteiger partial charge on any atom is -0.497 e. The van der Waals surface area contributed by atoms with E-state index in [1.165, 1.54) is 0 Å². The van der Waals surface area contributed by atoms with Crippen LogP contribution in [0.5, 0.6) is 11.5 Å². The Morgan fingerprint density at radius 2 is 2.18 bits per heavy atom. The number of aliphatic hydroxyl groups excluding tert-OH is 1. The summed E-state index contributed by atoms with van der Waals surface area (Å²) in [7, 11) is 1.60. The lowest BCUT2D eigenvalue weighted by molar-refractivity contribution is 0.216. The molecular formula is C14H18O3. The van der Waals surface area contributed by atoms with Gasteiger partial charge in [0.1, 0.15) is 18.1 Å². The second-order valence-corrected chi connectivity index (χ2v) is 3.66. The first-order valence-corrected chi connectivity index (χ1v) is 5.65. The van der Waals surface area contributed by atoms with Crippen molar-refractivity contribution in [3.63, 3.8) is 0 Å². The Morgan fingerprint density at radius 3 is 2.76 bits per heavy atom. The van der Waals surface area contributed by atoms with Gasteiger partial charge in [-0.25, -0.2) is 0 Å². The Balaban J connectivity index is 3.01. The molecule has 3 heteroatoms. The molecule has 1 rings (SSSR count). The van der Waals surface area contributed by atoms with Gasteiger partial charge < -0.3 is 14.6 Å². The van der Waals surface area contributed by atoms with Gasteiger partial charge in [0.15, 0.2) is 0 Å². The molecule has 1 aromatic carbocycles. The quantitative estimate of drug-likeness (QED) is 0.812. The predicted molar refractivity (Wildman–Crippen MR) is 67.3 cm³/mol. The van der Waals surface area contributed by atoms with Crippen molar-refractivity contribution in [2.24, 2.45) is 0 Å². The molecule has 0 radical (unpaired) electrons. The van der Waals surface area contributed by atoms with Gasteiger partial charge in [0.2, 0.25) is 0 Å². The summed E-state index contributed by atoms with van der Waals surface area (Å²) in [4.78, 5) is 0. The Bertz CT molecular complexity index is 415. The van der Waals surface area contributed by atoms with E-state index in [2.05, 4.69) is 18.8 Å². The Hall–Kier alpha value is -1.66. The first-order valence-electron chi connectivity index (χ1n) is 5.65. The summed E-state index contributed by atoms with van der Waals surface area (Å²) in [6.07, 6.45) is 1.07. The van der Waals surface area contributed by atoms with Crippen LogP contribution in [0.3, 0.4) is 0 Å². The minimum atomic E-state index is -0.167. The smallest absolute Gasteiger partial charge is 0.135 e. The van der Waals surface area contributed by atoms with Crippen molar-refractivity contribution < 1.29 is 14.6 Å². The molecule has 0 spiro atoms. The van der Waals surface area contributed by atoms with E-state index in [0.717, 1.165) is 23.5 Å². The fourth-order valence-electron chi connectivity index (χ4n) is 1.27. The molecule has 92 valence electrons. The van der Waals surface area contributed by atoms with E-state index in [1.807, 2.05) is 19.1 Å². The fraction of sp³-hybridized carbons (Fsp3) is 0.429. The summed E-state index contributed by atoms with van der Waals surface area (Å²) in [5, 5.41) is 8.73. The lowest BCUT2D eigenvalue weighted by Crippen LogP contribution is -2.10. The van der Waals surface area contributed by atoms with Crippen LogP contribution in [0.25, 0.3) is 0 Å². The van der Waals surface area contributed by atoms with Crippen LogP contribution in [-0.4, -0.2) is 24.9 Å². The molecule has 0 aliphatic heterocycles. The van der Waals surface area contributed by atoms with Crippen molar-refractivity contribution in [2.75, 3.05) is 13.7 Å². The van der Waals surface area contributed by atoms with Gasteiger partial charge in [-0.1, -0.05) is 18.8 Å². The summed E-state index contributed by atoms with van der Waals surface area (Å²) >= 11 is 0. The highest BCUT2D eigenvalue weighted by Gasteiger charge is 2.07. The predicted octanol–water partition coefficient (Wildman–Crippen LogP) is 2.22. The maximum Gasteiger partial charge on any atom is 0.135 e. The van der Waals surface area contributed by atoms with Crippen molar-refractivity contribution in [3.05, 3.63) is 23.8 Å². The maximum absolute atomic E-state index is 8.73. The maximum atomic E-state index is 8.73. The number of methoxy groups -OCH3 is 1. The topological polar surface area (TPSA) is 38.7 Å². The highest BCUT2D eigenvalue weighted by atomic mass is 16.5. The van der Waals surface area contributed by atoms with Gasteiger partial charge in [-0.05, 0) is 31.5 Å². The number of rotatable bonds is 4. The fourth-order valence-corrected chi connectivity index (χ4v) is 1.27. The monoisotopic (exact) mass is 234 g/mol. The van der Waals surface area contributed by atoms with E-state index in [-0.39, 0.29) is 12.7 Å². The molecule has 0 heterocycles. The Labute approximate surface area is 102 Å². The molecule has 0 bridgehead atoms. The van der Waals surface area contributed by atoms with E-state index in [4.69, 9.17) is 14.6 Å². The molecule has 0 aliphatic carbocycles. The average Bonchev–Trinajstić information content (AvgIpc) is 2.37. The molecule has 0 saturated heterocycles. The van der Waals surface area contributed by atoms with Gasteiger partial charge in [0.05, 0.1) is 18.8 Å². The van der Waals surface area contributed by atoms with Gasteiger partial charge in [-0.2, -0.15) is 0 Å². The van der Waals surface area contributed by atoms with Gasteiger partial charge in [0.25, 0.3) is 0 Å². The number of hydrogen-bond acceptors (Lipinski definition) is 3. The van der Waals surface area contributed by atoms with Crippen molar-refractivity contribution in [3.8, 4) is 23.3 Å². The molecule has 0 saturated carbocycles. The molecule has 0 aliphatic rings. The highest BCUT2D eigenvalue weighted by molar-refractivity contribution is 5.50. The van der Waals surface area contributed by atoms with E-state index in [0.29, 0.717) is 0 Å². The number of ether oxygens (including phenoxy) is 2. The second-order valence-electron chi connectivity index (χ2n) is 3.66. The third-order valence-electron chi connectivity index (χ3n) is 2.39. The molecule has 0 aromatic heterocycles. The average molecular weight is 234 g/mol. The molecule has 17 heavy (non-hydrogen) atoms. The SMILES string of the molecule is CCC(C)Oc1ccc(OC)cc1C#CCO. The van der Waals surface area contributed by atoms with Gasteiger partial charge in [-0.15, -0.1) is 0 Å². The van der Waals surface area contributed by atoms with Crippen LogP contribution in [0, 0.1) is 11.8 Å². The Kier molecular flexibility index (Phi) is 5.38. The highest BCUT2D eigenvalue weighted by Crippen LogP contribution is 2.24. The molecule has 1 N–H and O–H groups in total. The zero-order chi connectivity index (χ0) is 12.7.